The molecule has 3 aromatic carbocycles. The van der Waals surface area contributed by atoms with Gasteiger partial charge < -0.3 is 9.64 Å². The lowest BCUT2D eigenvalue weighted by Gasteiger charge is -2.28. The van der Waals surface area contributed by atoms with Crippen molar-refractivity contribution in [3.8, 4) is 0 Å². The molecule has 0 spiro atoms. The number of hydrogen-bond acceptors (Lipinski definition) is 6. The number of para-hydroxylation sites is 1. The van der Waals surface area contributed by atoms with E-state index in [4.69, 9.17) is 9.94 Å². The molecule has 0 aliphatic carbocycles. The Morgan fingerprint density at radius 3 is 2.24 bits per heavy atom. The Morgan fingerprint density at radius 2 is 1.54 bits per heavy atom. The standard InChI is InChI=1S/C28H28N4O5/c33-26(29-36)22-9-5-21(6-10-22)19-32-25-4-2-1-3-24(25)27(34)31(28(32)35)14-13-20-7-11-23(12-8-20)30-15-17-37-18-16-30/h1-12,36H,13-19H2,(H,29,33). The van der Waals surface area contributed by atoms with Gasteiger partial charge in [-0.05, 0) is 53.9 Å². The number of hydroxylamine groups is 1. The van der Waals surface area contributed by atoms with Crippen LogP contribution in [0.15, 0.2) is 82.4 Å². The fourth-order valence-corrected chi connectivity index (χ4v) is 4.67. The van der Waals surface area contributed by atoms with E-state index in [9.17, 15) is 14.4 Å². The molecule has 5 rings (SSSR count). The molecule has 2 N–H and O–H groups in total. The first-order valence-electron chi connectivity index (χ1n) is 12.2. The third-order valence-corrected chi connectivity index (χ3v) is 6.73. The SMILES string of the molecule is O=C(NO)c1ccc(Cn2c(=O)n(CCc3ccc(N4CCOCC4)cc3)c(=O)c3ccccc32)cc1. The first-order valence-corrected chi connectivity index (χ1v) is 12.2. The summed E-state index contributed by atoms with van der Waals surface area (Å²) in [5.74, 6) is -0.610. The number of carbonyl (C=O) groups excluding carboxylic acids is 1. The maximum absolute atomic E-state index is 13.5. The van der Waals surface area contributed by atoms with E-state index >= 15 is 0 Å². The Hall–Kier alpha value is -4.21. The van der Waals surface area contributed by atoms with Gasteiger partial charge in [0.05, 0.1) is 30.7 Å². The zero-order chi connectivity index (χ0) is 25.8. The molecule has 4 aromatic rings. The van der Waals surface area contributed by atoms with E-state index in [0.29, 0.717) is 22.9 Å². The minimum absolute atomic E-state index is 0.231. The van der Waals surface area contributed by atoms with Gasteiger partial charge in [0, 0.05) is 30.9 Å². The number of rotatable bonds is 7. The van der Waals surface area contributed by atoms with Crippen LogP contribution in [-0.4, -0.2) is 46.6 Å². The second-order valence-corrected chi connectivity index (χ2v) is 9.00. The normalized spacial score (nSPS) is 13.6. The van der Waals surface area contributed by atoms with E-state index in [2.05, 4.69) is 17.0 Å². The summed E-state index contributed by atoms with van der Waals surface area (Å²) in [5, 5.41) is 9.30. The summed E-state index contributed by atoms with van der Waals surface area (Å²) in [6.07, 6.45) is 0.543. The Morgan fingerprint density at radius 1 is 0.865 bits per heavy atom. The lowest BCUT2D eigenvalue weighted by molar-refractivity contribution is 0.0706. The Balaban J connectivity index is 1.41. The summed E-state index contributed by atoms with van der Waals surface area (Å²) in [4.78, 5) is 40.7. The molecule has 0 unspecified atom stereocenters. The number of aryl methyl sites for hydroxylation is 1. The average Bonchev–Trinajstić information content (AvgIpc) is 2.96. The van der Waals surface area contributed by atoms with Gasteiger partial charge in [-0.3, -0.25) is 23.9 Å². The fraction of sp³-hybridized carbons (Fsp3) is 0.250. The lowest BCUT2D eigenvalue weighted by Crippen LogP contribution is -2.40. The number of aromatic nitrogens is 2. The van der Waals surface area contributed by atoms with Crippen molar-refractivity contribution in [2.45, 2.75) is 19.5 Å². The lowest BCUT2D eigenvalue weighted by atomic mass is 10.1. The Labute approximate surface area is 213 Å². The van der Waals surface area contributed by atoms with Crippen molar-refractivity contribution in [2.24, 2.45) is 0 Å². The van der Waals surface area contributed by atoms with Crippen LogP contribution < -0.4 is 21.6 Å². The molecule has 190 valence electrons. The average molecular weight is 501 g/mol. The van der Waals surface area contributed by atoms with Gasteiger partial charge in [-0.25, -0.2) is 10.3 Å². The third kappa shape index (κ3) is 5.18. The third-order valence-electron chi connectivity index (χ3n) is 6.73. The minimum Gasteiger partial charge on any atom is -0.378 e. The van der Waals surface area contributed by atoms with Crippen LogP contribution in [0.5, 0.6) is 0 Å². The number of nitrogens with zero attached hydrogens (tertiary/aromatic N) is 3. The monoisotopic (exact) mass is 500 g/mol. The van der Waals surface area contributed by atoms with Crippen LogP contribution in [0.1, 0.15) is 21.5 Å². The number of fused-ring (bicyclic) bond motifs is 1. The van der Waals surface area contributed by atoms with Crippen molar-refractivity contribution in [2.75, 3.05) is 31.2 Å². The quantitative estimate of drug-likeness (QED) is 0.298. The molecule has 0 saturated carbocycles. The molecule has 1 aliphatic rings. The number of ether oxygens (including phenoxy) is 1. The zero-order valence-corrected chi connectivity index (χ0v) is 20.3. The van der Waals surface area contributed by atoms with Crippen molar-refractivity contribution >= 4 is 22.5 Å². The van der Waals surface area contributed by atoms with Crippen LogP contribution in [0.3, 0.4) is 0 Å². The van der Waals surface area contributed by atoms with Crippen LogP contribution in [0.2, 0.25) is 0 Å². The number of carbonyl (C=O) groups is 1. The highest BCUT2D eigenvalue weighted by Gasteiger charge is 2.15. The molecule has 0 bridgehead atoms. The van der Waals surface area contributed by atoms with Crippen LogP contribution in [0.4, 0.5) is 5.69 Å². The summed E-state index contributed by atoms with van der Waals surface area (Å²) in [6, 6.07) is 21.9. The molecule has 37 heavy (non-hydrogen) atoms. The zero-order valence-electron chi connectivity index (χ0n) is 20.3. The molecule has 1 aromatic heterocycles. The van der Waals surface area contributed by atoms with Gasteiger partial charge in [-0.2, -0.15) is 0 Å². The van der Waals surface area contributed by atoms with Gasteiger partial charge in [-0.15, -0.1) is 0 Å². The van der Waals surface area contributed by atoms with Gasteiger partial charge in [0.25, 0.3) is 11.5 Å². The molecule has 1 fully saturated rings. The van der Waals surface area contributed by atoms with Crippen molar-refractivity contribution in [1.82, 2.24) is 14.6 Å². The number of amides is 1. The van der Waals surface area contributed by atoms with Crippen molar-refractivity contribution < 1.29 is 14.7 Å². The number of benzene rings is 3. The molecule has 1 saturated heterocycles. The van der Waals surface area contributed by atoms with Crippen LogP contribution in [-0.2, 0) is 24.2 Å². The minimum atomic E-state index is -0.610. The second kappa shape index (κ2) is 10.8. The number of anilines is 1. The summed E-state index contributed by atoms with van der Waals surface area (Å²) >= 11 is 0. The summed E-state index contributed by atoms with van der Waals surface area (Å²) in [6.45, 7) is 3.66. The number of nitrogens with one attached hydrogen (secondary N) is 1. The summed E-state index contributed by atoms with van der Waals surface area (Å²) < 4.78 is 8.30. The molecule has 1 amide bonds. The first-order chi connectivity index (χ1) is 18.0. The molecule has 9 nitrogen and oxygen atoms in total. The number of hydrogen-bond donors (Lipinski definition) is 2. The predicted molar refractivity (Wildman–Crippen MR) is 140 cm³/mol. The molecule has 0 atom stereocenters. The van der Waals surface area contributed by atoms with Crippen LogP contribution >= 0.6 is 0 Å². The van der Waals surface area contributed by atoms with E-state index in [1.165, 1.54) is 4.57 Å². The molecule has 2 heterocycles. The van der Waals surface area contributed by atoms with E-state index < -0.39 is 5.91 Å². The molecular weight excluding hydrogens is 472 g/mol. The van der Waals surface area contributed by atoms with Gasteiger partial charge in [-0.1, -0.05) is 36.4 Å². The van der Waals surface area contributed by atoms with Crippen molar-refractivity contribution in [3.63, 3.8) is 0 Å². The predicted octanol–water partition coefficient (Wildman–Crippen LogP) is 2.41. The maximum Gasteiger partial charge on any atom is 0.331 e. The van der Waals surface area contributed by atoms with Crippen LogP contribution in [0.25, 0.3) is 10.9 Å². The van der Waals surface area contributed by atoms with E-state index in [1.54, 1.807) is 58.6 Å². The van der Waals surface area contributed by atoms with E-state index in [-0.39, 0.29) is 24.3 Å². The van der Waals surface area contributed by atoms with Crippen molar-refractivity contribution in [3.05, 3.63) is 110 Å². The topological polar surface area (TPSA) is 106 Å². The summed E-state index contributed by atoms with van der Waals surface area (Å²) in [7, 11) is 0. The second-order valence-electron chi connectivity index (χ2n) is 9.00. The van der Waals surface area contributed by atoms with Gasteiger partial charge in [0.15, 0.2) is 0 Å². The maximum atomic E-state index is 13.5. The van der Waals surface area contributed by atoms with Crippen LogP contribution in [0, 0.1) is 0 Å². The smallest absolute Gasteiger partial charge is 0.331 e. The molecule has 0 radical (unpaired) electrons. The van der Waals surface area contributed by atoms with E-state index in [0.717, 1.165) is 43.1 Å². The van der Waals surface area contributed by atoms with Gasteiger partial charge in [0.1, 0.15) is 0 Å². The molecule has 9 heteroatoms. The van der Waals surface area contributed by atoms with Crippen molar-refractivity contribution in [1.29, 1.82) is 0 Å². The van der Waals surface area contributed by atoms with E-state index in [1.807, 2.05) is 12.1 Å². The molecular formula is C28H28N4O5. The number of morpholine rings is 1. The van der Waals surface area contributed by atoms with Gasteiger partial charge >= 0.3 is 5.69 Å². The van der Waals surface area contributed by atoms with Gasteiger partial charge in [0.2, 0.25) is 0 Å². The fourth-order valence-electron chi connectivity index (χ4n) is 4.67. The largest absolute Gasteiger partial charge is 0.378 e. The summed E-state index contributed by atoms with van der Waals surface area (Å²) in [5.41, 5.74) is 4.73. The Bertz CT molecular complexity index is 1520. The highest BCUT2D eigenvalue weighted by molar-refractivity contribution is 5.93. The first kappa shape index (κ1) is 24.5. The molecule has 1 aliphatic heterocycles. The highest BCUT2D eigenvalue weighted by Crippen LogP contribution is 2.17. The Kier molecular flexibility index (Phi) is 7.16. The highest BCUT2D eigenvalue weighted by atomic mass is 16.5.